The van der Waals surface area contributed by atoms with Gasteiger partial charge in [-0.2, -0.15) is 0 Å². The third kappa shape index (κ3) is 2.27. The maximum Gasteiger partial charge on any atom is 0.240 e. The van der Waals surface area contributed by atoms with Crippen molar-refractivity contribution in [2.45, 2.75) is 25.4 Å². The standard InChI is InChI=1S/C12H14N2O3/c1-8-7-10(15)13-11(12(8)14(16)17)9-5-3-2-4-6-9/h2-6,8,11-12H,7H2,1H3,(H,13,15)/t8-,11-,12+/m0/s1. The van der Waals surface area contributed by atoms with Gasteiger partial charge in [-0.05, 0) is 5.56 Å². The lowest BCUT2D eigenvalue weighted by atomic mass is 9.85. The van der Waals surface area contributed by atoms with Crippen LogP contribution in [-0.2, 0) is 4.79 Å². The molecule has 3 atom stereocenters. The molecule has 0 bridgehead atoms. The number of carbonyl (C=O) groups is 1. The van der Waals surface area contributed by atoms with Crippen molar-refractivity contribution < 1.29 is 9.72 Å². The van der Waals surface area contributed by atoms with Gasteiger partial charge in [0.25, 0.3) is 0 Å². The van der Waals surface area contributed by atoms with E-state index < -0.39 is 12.1 Å². The number of hydrogen-bond donors (Lipinski definition) is 1. The molecule has 5 nitrogen and oxygen atoms in total. The molecule has 0 unspecified atom stereocenters. The molecule has 1 N–H and O–H groups in total. The van der Waals surface area contributed by atoms with Crippen molar-refractivity contribution in [1.29, 1.82) is 0 Å². The van der Waals surface area contributed by atoms with Crippen molar-refractivity contribution in [3.63, 3.8) is 0 Å². The Hall–Kier alpha value is -1.91. The van der Waals surface area contributed by atoms with Gasteiger partial charge in [-0.25, -0.2) is 0 Å². The Morgan fingerprint density at radius 3 is 2.59 bits per heavy atom. The van der Waals surface area contributed by atoms with Crippen LogP contribution >= 0.6 is 0 Å². The number of amides is 1. The van der Waals surface area contributed by atoms with Gasteiger partial charge in [0.1, 0.15) is 6.04 Å². The highest BCUT2D eigenvalue weighted by molar-refractivity contribution is 5.77. The van der Waals surface area contributed by atoms with Crippen LogP contribution in [0.2, 0.25) is 0 Å². The van der Waals surface area contributed by atoms with Gasteiger partial charge in [-0.1, -0.05) is 37.3 Å². The summed E-state index contributed by atoms with van der Waals surface area (Å²) in [6, 6.07) is 7.81. The fourth-order valence-electron chi connectivity index (χ4n) is 2.33. The van der Waals surface area contributed by atoms with E-state index in [2.05, 4.69) is 5.32 Å². The van der Waals surface area contributed by atoms with E-state index in [0.29, 0.717) is 0 Å². The first-order valence-corrected chi connectivity index (χ1v) is 5.57. The molecule has 1 fully saturated rings. The maximum atomic E-state index is 11.5. The summed E-state index contributed by atoms with van der Waals surface area (Å²) in [5.41, 5.74) is 0.786. The zero-order chi connectivity index (χ0) is 12.4. The fraction of sp³-hybridized carbons (Fsp3) is 0.417. The molecule has 0 aliphatic carbocycles. The first-order chi connectivity index (χ1) is 8.09. The SMILES string of the molecule is C[C@H]1CC(=O)N[C@@H](c2ccccc2)[C@@H]1[N+](=O)[O-]. The van der Waals surface area contributed by atoms with Crippen LogP contribution in [0.5, 0.6) is 0 Å². The van der Waals surface area contributed by atoms with E-state index in [9.17, 15) is 14.9 Å². The minimum absolute atomic E-state index is 0.121. The first kappa shape index (κ1) is 11.6. The highest BCUT2D eigenvalue weighted by atomic mass is 16.6. The molecule has 1 aliphatic rings. The molecule has 90 valence electrons. The van der Waals surface area contributed by atoms with Crippen LogP contribution in [0.25, 0.3) is 0 Å². The lowest BCUT2D eigenvalue weighted by molar-refractivity contribution is -0.538. The number of piperidine rings is 1. The van der Waals surface area contributed by atoms with Gasteiger partial charge < -0.3 is 5.32 Å². The Morgan fingerprint density at radius 1 is 1.35 bits per heavy atom. The highest BCUT2D eigenvalue weighted by Gasteiger charge is 2.43. The predicted octanol–water partition coefficient (Wildman–Crippen LogP) is 1.53. The molecule has 1 saturated heterocycles. The summed E-state index contributed by atoms with van der Waals surface area (Å²) >= 11 is 0. The van der Waals surface area contributed by atoms with Gasteiger partial charge in [0.15, 0.2) is 0 Å². The lowest BCUT2D eigenvalue weighted by Gasteiger charge is -2.31. The molecule has 5 heteroatoms. The number of rotatable bonds is 2. The molecule has 1 amide bonds. The monoisotopic (exact) mass is 234 g/mol. The van der Waals surface area contributed by atoms with E-state index in [4.69, 9.17) is 0 Å². The molecule has 1 heterocycles. The van der Waals surface area contributed by atoms with Crippen molar-refractivity contribution in [1.82, 2.24) is 5.32 Å². The van der Waals surface area contributed by atoms with Crippen LogP contribution in [0.4, 0.5) is 0 Å². The number of nitrogens with one attached hydrogen (secondary N) is 1. The van der Waals surface area contributed by atoms with Gasteiger partial charge in [-0.3, -0.25) is 14.9 Å². The van der Waals surface area contributed by atoms with E-state index in [0.717, 1.165) is 5.56 Å². The quantitative estimate of drug-likeness (QED) is 0.623. The number of carbonyl (C=O) groups excluding carboxylic acids is 1. The fourth-order valence-corrected chi connectivity index (χ4v) is 2.33. The number of nitro groups is 1. The van der Waals surface area contributed by atoms with Crippen LogP contribution < -0.4 is 5.32 Å². The Morgan fingerprint density at radius 2 is 2.00 bits per heavy atom. The summed E-state index contributed by atoms with van der Waals surface area (Å²) in [6.45, 7) is 1.75. The van der Waals surface area contributed by atoms with E-state index in [1.165, 1.54) is 0 Å². The molecule has 17 heavy (non-hydrogen) atoms. The zero-order valence-electron chi connectivity index (χ0n) is 9.50. The van der Waals surface area contributed by atoms with Crippen LogP contribution in [0.1, 0.15) is 24.9 Å². The highest BCUT2D eigenvalue weighted by Crippen LogP contribution is 2.29. The molecule has 1 aromatic carbocycles. The average molecular weight is 234 g/mol. The van der Waals surface area contributed by atoms with Crippen LogP contribution in [0.3, 0.4) is 0 Å². The molecule has 0 radical (unpaired) electrons. The van der Waals surface area contributed by atoms with Gasteiger partial charge >= 0.3 is 0 Å². The van der Waals surface area contributed by atoms with Crippen molar-refractivity contribution in [3.05, 3.63) is 46.0 Å². The lowest BCUT2D eigenvalue weighted by Crippen LogP contribution is -2.49. The molecule has 1 aromatic rings. The number of hydrogen-bond acceptors (Lipinski definition) is 3. The summed E-state index contributed by atoms with van der Waals surface area (Å²) in [7, 11) is 0. The van der Waals surface area contributed by atoms with E-state index in [-0.39, 0.29) is 23.2 Å². The summed E-state index contributed by atoms with van der Waals surface area (Å²) in [5, 5.41) is 13.8. The second kappa shape index (κ2) is 4.53. The Labute approximate surface area is 99.0 Å². The summed E-state index contributed by atoms with van der Waals surface area (Å²) in [4.78, 5) is 22.3. The molecule has 0 aromatic heterocycles. The Balaban J connectivity index is 2.34. The van der Waals surface area contributed by atoms with Gasteiger partial charge in [-0.15, -0.1) is 0 Å². The zero-order valence-corrected chi connectivity index (χ0v) is 9.50. The minimum atomic E-state index is -0.755. The Kier molecular flexibility index (Phi) is 3.08. The maximum absolute atomic E-state index is 11.5. The normalized spacial score (nSPS) is 28.5. The van der Waals surface area contributed by atoms with Crippen LogP contribution in [-0.4, -0.2) is 16.9 Å². The van der Waals surface area contributed by atoms with Gasteiger partial charge in [0.05, 0.1) is 0 Å². The predicted molar refractivity (Wildman–Crippen MR) is 61.9 cm³/mol. The van der Waals surface area contributed by atoms with Gasteiger partial charge in [0, 0.05) is 17.3 Å². The summed E-state index contributed by atoms with van der Waals surface area (Å²) in [5.74, 6) is -0.367. The second-order valence-corrected chi connectivity index (χ2v) is 4.41. The molecule has 1 aliphatic heterocycles. The molecule has 0 spiro atoms. The summed E-state index contributed by atoms with van der Waals surface area (Å²) in [6.07, 6.45) is 0.217. The molecule has 0 saturated carbocycles. The third-order valence-corrected chi connectivity index (χ3v) is 3.15. The molecular weight excluding hydrogens is 220 g/mol. The Bertz CT molecular complexity index is 433. The minimum Gasteiger partial charge on any atom is -0.343 e. The smallest absolute Gasteiger partial charge is 0.240 e. The summed E-state index contributed by atoms with van der Waals surface area (Å²) < 4.78 is 0. The van der Waals surface area contributed by atoms with Crippen molar-refractivity contribution >= 4 is 5.91 Å². The van der Waals surface area contributed by atoms with E-state index in [1.54, 1.807) is 19.1 Å². The molecule has 2 rings (SSSR count). The topological polar surface area (TPSA) is 72.2 Å². The number of benzene rings is 1. The first-order valence-electron chi connectivity index (χ1n) is 5.57. The van der Waals surface area contributed by atoms with E-state index >= 15 is 0 Å². The van der Waals surface area contributed by atoms with Crippen LogP contribution in [0, 0.1) is 16.0 Å². The second-order valence-electron chi connectivity index (χ2n) is 4.41. The van der Waals surface area contributed by atoms with Gasteiger partial charge in [0.2, 0.25) is 11.9 Å². The van der Waals surface area contributed by atoms with Crippen LogP contribution in [0.15, 0.2) is 30.3 Å². The van der Waals surface area contributed by atoms with Crippen molar-refractivity contribution in [3.8, 4) is 0 Å². The molecular formula is C12H14N2O3. The van der Waals surface area contributed by atoms with E-state index in [1.807, 2.05) is 18.2 Å². The average Bonchev–Trinajstić information content (AvgIpc) is 2.28. The van der Waals surface area contributed by atoms with Crippen molar-refractivity contribution in [2.75, 3.05) is 0 Å². The third-order valence-electron chi connectivity index (χ3n) is 3.15. The van der Waals surface area contributed by atoms with Crippen molar-refractivity contribution in [2.24, 2.45) is 5.92 Å². The largest absolute Gasteiger partial charge is 0.343 e. The number of nitrogens with zero attached hydrogens (tertiary/aromatic N) is 1.